The Bertz CT molecular complexity index is 736. The summed E-state index contributed by atoms with van der Waals surface area (Å²) in [6.45, 7) is 1.85. The standard InChI is InChI=1S/C20H21N3/c21-20-8-4-7-19(23-20)18-11-9-17(10-12-18)15-22-14-13-16-5-2-1-3-6-16/h1-12,22H,13-15H2,(H2,21,23). The third kappa shape index (κ3) is 4.41. The number of rotatable bonds is 6. The highest BCUT2D eigenvalue weighted by Gasteiger charge is 2.00. The lowest BCUT2D eigenvalue weighted by Crippen LogP contribution is -2.16. The zero-order chi connectivity index (χ0) is 15.9. The van der Waals surface area contributed by atoms with Crippen LogP contribution in [0.5, 0.6) is 0 Å². The summed E-state index contributed by atoms with van der Waals surface area (Å²) in [5.41, 5.74) is 10.4. The molecule has 0 bridgehead atoms. The predicted molar refractivity (Wildman–Crippen MR) is 95.9 cm³/mol. The second-order valence-electron chi connectivity index (χ2n) is 5.56. The van der Waals surface area contributed by atoms with Gasteiger partial charge in [-0.3, -0.25) is 0 Å². The van der Waals surface area contributed by atoms with Crippen molar-refractivity contribution in [1.82, 2.24) is 10.3 Å². The largest absolute Gasteiger partial charge is 0.384 e. The third-order valence-corrected chi connectivity index (χ3v) is 3.78. The number of nitrogens with one attached hydrogen (secondary N) is 1. The number of anilines is 1. The van der Waals surface area contributed by atoms with Crippen LogP contribution in [0, 0.1) is 0 Å². The Hall–Kier alpha value is -2.65. The number of nitrogens with two attached hydrogens (primary N) is 1. The average Bonchev–Trinajstić information content (AvgIpc) is 2.60. The number of nitrogen functional groups attached to an aromatic ring is 1. The Kier molecular flexibility index (Phi) is 5.02. The molecule has 0 saturated carbocycles. The molecule has 23 heavy (non-hydrogen) atoms. The number of hydrogen-bond donors (Lipinski definition) is 2. The Morgan fingerprint density at radius 2 is 1.57 bits per heavy atom. The molecule has 3 nitrogen and oxygen atoms in total. The van der Waals surface area contributed by atoms with Crippen LogP contribution in [0.15, 0.2) is 72.8 Å². The van der Waals surface area contributed by atoms with Crippen molar-refractivity contribution < 1.29 is 0 Å². The van der Waals surface area contributed by atoms with E-state index in [1.807, 2.05) is 18.2 Å². The summed E-state index contributed by atoms with van der Waals surface area (Å²) < 4.78 is 0. The van der Waals surface area contributed by atoms with Crippen LogP contribution >= 0.6 is 0 Å². The van der Waals surface area contributed by atoms with E-state index >= 15 is 0 Å². The molecule has 0 aliphatic rings. The van der Waals surface area contributed by atoms with Gasteiger partial charge in [-0.2, -0.15) is 0 Å². The zero-order valence-corrected chi connectivity index (χ0v) is 13.1. The van der Waals surface area contributed by atoms with Crippen LogP contribution in [0.3, 0.4) is 0 Å². The minimum atomic E-state index is 0.550. The predicted octanol–water partition coefficient (Wildman–Crippen LogP) is 3.66. The van der Waals surface area contributed by atoms with Gasteiger partial charge in [0.25, 0.3) is 0 Å². The number of aromatic nitrogens is 1. The highest BCUT2D eigenvalue weighted by atomic mass is 14.8. The van der Waals surface area contributed by atoms with Gasteiger partial charge >= 0.3 is 0 Å². The molecule has 0 radical (unpaired) electrons. The van der Waals surface area contributed by atoms with Gasteiger partial charge in [-0.1, -0.05) is 60.7 Å². The first-order valence-corrected chi connectivity index (χ1v) is 7.88. The number of nitrogens with zero attached hydrogens (tertiary/aromatic N) is 1. The molecule has 3 heteroatoms. The van der Waals surface area contributed by atoms with Crippen molar-refractivity contribution in [3.63, 3.8) is 0 Å². The van der Waals surface area contributed by atoms with Crippen molar-refractivity contribution in [1.29, 1.82) is 0 Å². The summed E-state index contributed by atoms with van der Waals surface area (Å²) in [7, 11) is 0. The lowest BCUT2D eigenvalue weighted by atomic mass is 10.1. The third-order valence-electron chi connectivity index (χ3n) is 3.78. The van der Waals surface area contributed by atoms with E-state index < -0.39 is 0 Å². The van der Waals surface area contributed by atoms with Gasteiger partial charge in [0.05, 0.1) is 5.69 Å². The molecule has 1 aromatic heterocycles. The first-order valence-electron chi connectivity index (χ1n) is 7.88. The molecule has 0 spiro atoms. The van der Waals surface area contributed by atoms with Crippen LogP contribution in [0.4, 0.5) is 5.82 Å². The molecule has 0 unspecified atom stereocenters. The number of benzene rings is 2. The smallest absolute Gasteiger partial charge is 0.124 e. The molecule has 0 aliphatic carbocycles. The molecule has 0 aliphatic heterocycles. The summed E-state index contributed by atoms with van der Waals surface area (Å²) in [6, 6.07) is 24.7. The van der Waals surface area contributed by atoms with E-state index in [-0.39, 0.29) is 0 Å². The Morgan fingerprint density at radius 3 is 2.30 bits per heavy atom. The summed E-state index contributed by atoms with van der Waals surface area (Å²) >= 11 is 0. The fourth-order valence-electron chi connectivity index (χ4n) is 2.52. The first kappa shape index (κ1) is 15.3. The van der Waals surface area contributed by atoms with Crippen LogP contribution in [0.2, 0.25) is 0 Å². The van der Waals surface area contributed by atoms with Crippen molar-refractivity contribution in [2.75, 3.05) is 12.3 Å². The summed E-state index contributed by atoms with van der Waals surface area (Å²) in [5.74, 6) is 0.550. The van der Waals surface area contributed by atoms with Crippen molar-refractivity contribution in [2.24, 2.45) is 0 Å². The van der Waals surface area contributed by atoms with Gasteiger partial charge in [-0.15, -0.1) is 0 Å². The number of pyridine rings is 1. The van der Waals surface area contributed by atoms with Crippen LogP contribution in [-0.4, -0.2) is 11.5 Å². The van der Waals surface area contributed by atoms with E-state index in [4.69, 9.17) is 5.73 Å². The van der Waals surface area contributed by atoms with Crippen LogP contribution in [0.25, 0.3) is 11.3 Å². The van der Waals surface area contributed by atoms with Gasteiger partial charge in [-0.05, 0) is 36.2 Å². The molecule has 1 heterocycles. The molecule has 0 amide bonds. The maximum Gasteiger partial charge on any atom is 0.124 e. The minimum Gasteiger partial charge on any atom is -0.384 e. The van der Waals surface area contributed by atoms with Gasteiger partial charge in [0.15, 0.2) is 0 Å². The molecular formula is C20H21N3. The quantitative estimate of drug-likeness (QED) is 0.683. The van der Waals surface area contributed by atoms with Crippen molar-refractivity contribution in [3.05, 3.63) is 83.9 Å². The fourth-order valence-corrected chi connectivity index (χ4v) is 2.52. The van der Waals surface area contributed by atoms with Crippen LogP contribution < -0.4 is 11.1 Å². The molecule has 0 fully saturated rings. The topological polar surface area (TPSA) is 50.9 Å². The molecule has 0 atom stereocenters. The average molecular weight is 303 g/mol. The summed E-state index contributed by atoms with van der Waals surface area (Å²) in [5, 5.41) is 3.48. The van der Waals surface area contributed by atoms with Gasteiger partial charge in [0.1, 0.15) is 5.82 Å². The van der Waals surface area contributed by atoms with E-state index in [1.165, 1.54) is 11.1 Å². The molecule has 3 rings (SSSR count). The van der Waals surface area contributed by atoms with Gasteiger partial charge in [-0.25, -0.2) is 4.98 Å². The van der Waals surface area contributed by atoms with E-state index in [0.29, 0.717) is 5.82 Å². The van der Waals surface area contributed by atoms with Crippen LogP contribution in [0.1, 0.15) is 11.1 Å². The van der Waals surface area contributed by atoms with Gasteiger partial charge in [0, 0.05) is 12.1 Å². The monoisotopic (exact) mass is 303 g/mol. The second-order valence-corrected chi connectivity index (χ2v) is 5.56. The Labute approximate surface area is 137 Å². The highest BCUT2D eigenvalue weighted by molar-refractivity contribution is 5.61. The van der Waals surface area contributed by atoms with E-state index in [1.54, 1.807) is 6.07 Å². The Morgan fingerprint density at radius 1 is 0.783 bits per heavy atom. The van der Waals surface area contributed by atoms with Crippen LogP contribution in [-0.2, 0) is 13.0 Å². The molecular weight excluding hydrogens is 282 g/mol. The fraction of sp³-hybridized carbons (Fsp3) is 0.150. The van der Waals surface area contributed by atoms with E-state index in [2.05, 4.69) is 58.8 Å². The van der Waals surface area contributed by atoms with E-state index in [0.717, 1.165) is 30.8 Å². The Balaban J connectivity index is 1.52. The maximum atomic E-state index is 5.73. The molecule has 3 aromatic rings. The summed E-state index contributed by atoms with van der Waals surface area (Å²) in [6.07, 6.45) is 1.05. The highest BCUT2D eigenvalue weighted by Crippen LogP contribution is 2.18. The lowest BCUT2D eigenvalue weighted by Gasteiger charge is -2.07. The van der Waals surface area contributed by atoms with Crippen molar-refractivity contribution >= 4 is 5.82 Å². The van der Waals surface area contributed by atoms with Crippen molar-refractivity contribution in [2.45, 2.75) is 13.0 Å². The number of hydrogen-bond acceptors (Lipinski definition) is 3. The second kappa shape index (κ2) is 7.56. The minimum absolute atomic E-state index is 0.550. The molecule has 0 saturated heterocycles. The maximum absolute atomic E-state index is 5.73. The molecule has 2 aromatic carbocycles. The SMILES string of the molecule is Nc1cccc(-c2ccc(CNCCc3ccccc3)cc2)n1. The summed E-state index contributed by atoms with van der Waals surface area (Å²) in [4.78, 5) is 4.34. The molecule has 3 N–H and O–H groups in total. The zero-order valence-electron chi connectivity index (χ0n) is 13.1. The van der Waals surface area contributed by atoms with Gasteiger partial charge < -0.3 is 11.1 Å². The lowest BCUT2D eigenvalue weighted by molar-refractivity contribution is 0.687. The van der Waals surface area contributed by atoms with Crippen molar-refractivity contribution in [3.8, 4) is 11.3 Å². The van der Waals surface area contributed by atoms with E-state index in [9.17, 15) is 0 Å². The normalized spacial score (nSPS) is 10.6. The first-order chi connectivity index (χ1) is 11.3. The molecule has 116 valence electrons. The van der Waals surface area contributed by atoms with Gasteiger partial charge in [0.2, 0.25) is 0 Å².